The Morgan fingerprint density at radius 3 is 2.24 bits per heavy atom. The monoisotopic (exact) mass is 238 g/mol. The van der Waals surface area contributed by atoms with Crippen molar-refractivity contribution in [3.63, 3.8) is 0 Å². The van der Waals surface area contributed by atoms with Crippen LogP contribution in [0.15, 0.2) is 22.8 Å². The van der Waals surface area contributed by atoms with Gasteiger partial charge in [-0.05, 0) is 59.3 Å². The third-order valence-corrected chi connectivity index (χ3v) is 3.19. The fraction of sp³-hybridized carbons (Fsp3) is 0.667. The van der Waals surface area contributed by atoms with Crippen molar-refractivity contribution in [2.75, 3.05) is 0 Å². The van der Waals surface area contributed by atoms with Crippen LogP contribution in [-0.4, -0.2) is 11.1 Å². The average Bonchev–Trinajstić information content (AvgIpc) is 2.24. The number of carboxylic acids is 1. The van der Waals surface area contributed by atoms with Gasteiger partial charge in [0.2, 0.25) is 0 Å². The van der Waals surface area contributed by atoms with Gasteiger partial charge in [0.15, 0.2) is 0 Å². The lowest BCUT2D eigenvalue weighted by Crippen LogP contribution is -2.01. The first-order chi connectivity index (χ1) is 7.84. The minimum Gasteiger partial charge on any atom is -0.478 e. The van der Waals surface area contributed by atoms with Gasteiger partial charge in [0.05, 0.1) is 0 Å². The first-order valence-corrected chi connectivity index (χ1v) is 6.37. The summed E-state index contributed by atoms with van der Waals surface area (Å²) in [5.41, 5.74) is 2.88. The van der Waals surface area contributed by atoms with E-state index in [1.54, 1.807) is 6.92 Å². The highest BCUT2D eigenvalue weighted by Gasteiger charge is 2.07. The molecule has 0 heterocycles. The lowest BCUT2D eigenvalue weighted by Gasteiger charge is -2.11. The molecule has 2 heteroatoms. The molecule has 0 rings (SSSR count). The second-order valence-corrected chi connectivity index (χ2v) is 5.21. The van der Waals surface area contributed by atoms with E-state index in [9.17, 15) is 4.79 Å². The van der Waals surface area contributed by atoms with Crippen molar-refractivity contribution in [2.45, 2.75) is 60.3 Å². The van der Waals surface area contributed by atoms with Crippen LogP contribution in [0.25, 0.3) is 0 Å². The molecule has 0 aliphatic heterocycles. The molecule has 2 nitrogen and oxygen atoms in total. The number of hydrogen-bond acceptors (Lipinski definition) is 1. The van der Waals surface area contributed by atoms with Crippen LogP contribution >= 0.6 is 0 Å². The molecule has 0 saturated heterocycles. The molecule has 0 amide bonds. The largest absolute Gasteiger partial charge is 0.478 e. The molecule has 0 aromatic carbocycles. The summed E-state index contributed by atoms with van der Waals surface area (Å²) in [5, 5.41) is 8.85. The lowest BCUT2D eigenvalue weighted by atomic mass is 9.95. The van der Waals surface area contributed by atoms with Crippen molar-refractivity contribution < 1.29 is 9.90 Å². The van der Waals surface area contributed by atoms with E-state index in [-0.39, 0.29) is 0 Å². The van der Waals surface area contributed by atoms with E-state index < -0.39 is 5.97 Å². The quantitative estimate of drug-likeness (QED) is 0.521. The second kappa shape index (κ2) is 8.10. The molecule has 0 radical (unpaired) electrons. The molecule has 0 aliphatic rings. The molecule has 98 valence electrons. The Morgan fingerprint density at radius 2 is 1.76 bits per heavy atom. The van der Waals surface area contributed by atoms with Crippen LogP contribution in [0.3, 0.4) is 0 Å². The van der Waals surface area contributed by atoms with Crippen LogP contribution in [0, 0.1) is 5.92 Å². The van der Waals surface area contributed by atoms with E-state index in [2.05, 4.69) is 26.8 Å². The van der Waals surface area contributed by atoms with Gasteiger partial charge in [-0.2, -0.15) is 0 Å². The van der Waals surface area contributed by atoms with Crippen LogP contribution in [0.1, 0.15) is 60.3 Å². The second-order valence-electron chi connectivity index (χ2n) is 5.21. The van der Waals surface area contributed by atoms with Crippen molar-refractivity contribution >= 4 is 5.97 Å². The molecule has 0 fully saturated rings. The third-order valence-electron chi connectivity index (χ3n) is 3.19. The molecular formula is C15H26O2. The maximum absolute atomic E-state index is 10.8. The van der Waals surface area contributed by atoms with Gasteiger partial charge in [-0.3, -0.25) is 0 Å². The predicted molar refractivity (Wildman–Crippen MR) is 73.1 cm³/mol. The van der Waals surface area contributed by atoms with Crippen molar-refractivity contribution in [1.29, 1.82) is 0 Å². The summed E-state index contributed by atoms with van der Waals surface area (Å²) >= 11 is 0. The van der Waals surface area contributed by atoms with Crippen LogP contribution in [0.4, 0.5) is 0 Å². The first-order valence-electron chi connectivity index (χ1n) is 6.37. The molecule has 1 unspecified atom stereocenters. The van der Waals surface area contributed by atoms with Gasteiger partial charge >= 0.3 is 5.97 Å². The Labute approximate surface area is 105 Å². The van der Waals surface area contributed by atoms with Gasteiger partial charge in [0, 0.05) is 5.57 Å². The molecular weight excluding hydrogens is 212 g/mol. The highest BCUT2D eigenvalue weighted by molar-refractivity contribution is 5.86. The van der Waals surface area contributed by atoms with E-state index in [0.29, 0.717) is 11.5 Å². The van der Waals surface area contributed by atoms with E-state index in [1.165, 1.54) is 12.0 Å². The zero-order chi connectivity index (χ0) is 13.4. The molecule has 0 aliphatic carbocycles. The minimum atomic E-state index is -0.792. The lowest BCUT2D eigenvalue weighted by molar-refractivity contribution is -0.132. The summed E-state index contributed by atoms with van der Waals surface area (Å²) in [5.74, 6) is -0.137. The van der Waals surface area contributed by atoms with Crippen LogP contribution in [-0.2, 0) is 4.79 Å². The molecule has 0 aromatic rings. The van der Waals surface area contributed by atoms with E-state index in [1.807, 2.05) is 6.92 Å². The summed E-state index contributed by atoms with van der Waals surface area (Å²) in [7, 11) is 0. The Morgan fingerprint density at radius 1 is 1.18 bits per heavy atom. The van der Waals surface area contributed by atoms with Crippen LogP contribution in [0.5, 0.6) is 0 Å². The number of carboxylic acid groups (broad SMARTS) is 1. The Bertz CT molecular complexity index is 307. The van der Waals surface area contributed by atoms with Gasteiger partial charge < -0.3 is 5.11 Å². The normalized spacial score (nSPS) is 13.9. The fourth-order valence-electron chi connectivity index (χ4n) is 1.63. The summed E-state index contributed by atoms with van der Waals surface area (Å²) in [6, 6.07) is 0. The Kier molecular flexibility index (Phi) is 7.60. The average molecular weight is 238 g/mol. The van der Waals surface area contributed by atoms with E-state index in [0.717, 1.165) is 24.8 Å². The summed E-state index contributed by atoms with van der Waals surface area (Å²) < 4.78 is 0. The van der Waals surface area contributed by atoms with Crippen LogP contribution < -0.4 is 0 Å². The Balaban J connectivity index is 4.00. The highest BCUT2D eigenvalue weighted by atomic mass is 16.4. The Hall–Kier alpha value is -1.05. The molecule has 17 heavy (non-hydrogen) atoms. The standard InChI is InChI=1S/C15H26O2/c1-11(2)7-6-8-12(3)9-10-13(4)14(5)15(16)17/h7,12H,6,8-10H2,1-5H3,(H,16,17)/b14-13-. The minimum absolute atomic E-state index is 0.501. The van der Waals surface area contributed by atoms with Gasteiger partial charge in [0.1, 0.15) is 0 Å². The van der Waals surface area contributed by atoms with Crippen molar-refractivity contribution in [3.8, 4) is 0 Å². The molecule has 0 aromatic heterocycles. The SMILES string of the molecule is CC(C)=CCCC(C)CC/C(C)=C(/C)C(=O)O. The number of hydrogen-bond donors (Lipinski definition) is 1. The van der Waals surface area contributed by atoms with Gasteiger partial charge in [-0.1, -0.05) is 24.1 Å². The van der Waals surface area contributed by atoms with Crippen molar-refractivity contribution in [1.82, 2.24) is 0 Å². The molecule has 0 saturated carbocycles. The molecule has 1 N–H and O–H groups in total. The summed E-state index contributed by atoms with van der Waals surface area (Å²) in [4.78, 5) is 10.8. The summed E-state index contributed by atoms with van der Waals surface area (Å²) in [6.45, 7) is 10.1. The van der Waals surface area contributed by atoms with Crippen molar-refractivity contribution in [3.05, 3.63) is 22.8 Å². The summed E-state index contributed by atoms with van der Waals surface area (Å²) in [6.07, 6.45) is 6.55. The maximum atomic E-state index is 10.8. The van der Waals surface area contributed by atoms with Gasteiger partial charge in [-0.25, -0.2) is 4.79 Å². The molecule has 0 spiro atoms. The highest BCUT2D eigenvalue weighted by Crippen LogP contribution is 2.19. The number of rotatable bonds is 7. The fourth-order valence-corrected chi connectivity index (χ4v) is 1.63. The zero-order valence-corrected chi connectivity index (χ0v) is 11.8. The van der Waals surface area contributed by atoms with Crippen LogP contribution in [0.2, 0.25) is 0 Å². The smallest absolute Gasteiger partial charge is 0.331 e. The van der Waals surface area contributed by atoms with E-state index >= 15 is 0 Å². The van der Waals surface area contributed by atoms with Gasteiger partial charge in [-0.15, -0.1) is 0 Å². The number of carbonyl (C=O) groups is 1. The zero-order valence-electron chi connectivity index (χ0n) is 11.8. The predicted octanol–water partition coefficient (Wildman–Crippen LogP) is 4.57. The maximum Gasteiger partial charge on any atom is 0.331 e. The van der Waals surface area contributed by atoms with E-state index in [4.69, 9.17) is 5.11 Å². The topological polar surface area (TPSA) is 37.3 Å². The first kappa shape index (κ1) is 16.0. The number of aliphatic carboxylic acids is 1. The van der Waals surface area contributed by atoms with Gasteiger partial charge in [0.25, 0.3) is 0 Å². The third kappa shape index (κ3) is 7.78. The van der Waals surface area contributed by atoms with Crippen molar-refractivity contribution in [2.24, 2.45) is 5.92 Å². The number of allylic oxidation sites excluding steroid dienone is 3. The molecule has 1 atom stereocenters. The molecule has 0 bridgehead atoms.